The Balaban J connectivity index is 1.85. The maximum Gasteiger partial charge on any atom is 0.306 e. The van der Waals surface area contributed by atoms with E-state index >= 15 is 0 Å². The zero-order chi connectivity index (χ0) is 23.3. The summed E-state index contributed by atoms with van der Waals surface area (Å²) in [5, 5.41) is 0. The number of carbonyl (C=O) groups is 4. The van der Waals surface area contributed by atoms with E-state index < -0.39 is 34.9 Å². The summed E-state index contributed by atoms with van der Waals surface area (Å²) in [4.78, 5) is 55.9. The van der Waals surface area contributed by atoms with Crippen molar-refractivity contribution in [2.75, 3.05) is 6.61 Å². The zero-order valence-electron chi connectivity index (χ0n) is 19.0. The molecule has 0 unspecified atom stereocenters. The highest BCUT2D eigenvalue weighted by Crippen LogP contribution is 2.58. The highest BCUT2D eigenvalue weighted by molar-refractivity contribution is 6.02. The Morgan fingerprint density at radius 3 is 2.44 bits per heavy atom. The predicted octanol–water partition coefficient (Wildman–Crippen LogP) is 2.49. The van der Waals surface area contributed by atoms with Crippen molar-refractivity contribution >= 4 is 23.6 Å². The molecule has 2 heterocycles. The number of nitrogens with zero attached hydrogens (tertiary/aromatic N) is 2. The number of ketones is 1. The van der Waals surface area contributed by atoms with E-state index in [2.05, 4.69) is 0 Å². The minimum absolute atomic E-state index is 0.0767. The van der Waals surface area contributed by atoms with Crippen molar-refractivity contribution in [2.45, 2.75) is 64.7 Å². The molecule has 0 bridgehead atoms. The van der Waals surface area contributed by atoms with Gasteiger partial charge in [-0.25, -0.2) is 0 Å². The van der Waals surface area contributed by atoms with E-state index in [9.17, 15) is 19.2 Å². The molecule has 3 aliphatic rings. The molecule has 4 atom stereocenters. The van der Waals surface area contributed by atoms with Crippen molar-refractivity contribution in [1.29, 1.82) is 0 Å². The lowest BCUT2D eigenvalue weighted by Crippen LogP contribution is -2.54. The van der Waals surface area contributed by atoms with Gasteiger partial charge >= 0.3 is 5.97 Å². The Morgan fingerprint density at radius 1 is 1.12 bits per heavy atom. The number of hydrogen-bond donors (Lipinski definition) is 0. The molecule has 0 aromatic heterocycles. The number of rotatable bonds is 5. The third-order valence-corrected chi connectivity index (χ3v) is 6.88. The number of benzene rings is 1. The molecule has 0 N–H and O–H groups in total. The fourth-order valence-corrected chi connectivity index (χ4v) is 5.75. The molecule has 7 heteroatoms. The third-order valence-electron chi connectivity index (χ3n) is 6.88. The van der Waals surface area contributed by atoms with Crippen molar-refractivity contribution in [3.8, 4) is 0 Å². The maximum absolute atomic E-state index is 13.9. The van der Waals surface area contributed by atoms with Gasteiger partial charge in [0.2, 0.25) is 11.8 Å². The highest BCUT2D eigenvalue weighted by Gasteiger charge is 2.72. The van der Waals surface area contributed by atoms with Gasteiger partial charge in [0.05, 0.1) is 30.4 Å². The van der Waals surface area contributed by atoms with Crippen LogP contribution < -0.4 is 0 Å². The van der Waals surface area contributed by atoms with E-state index in [0.29, 0.717) is 0 Å². The minimum atomic E-state index is -0.948. The van der Waals surface area contributed by atoms with Crippen molar-refractivity contribution in [2.24, 2.45) is 11.3 Å². The Bertz CT molecular complexity index is 980. The number of amides is 2. The summed E-state index contributed by atoms with van der Waals surface area (Å²) in [6, 6.07) is 8.26. The first-order valence-corrected chi connectivity index (χ1v) is 11.2. The quantitative estimate of drug-likeness (QED) is 0.660. The summed E-state index contributed by atoms with van der Waals surface area (Å²) in [6.07, 6.45) is 3.25. The van der Waals surface area contributed by atoms with Crippen LogP contribution in [0.2, 0.25) is 0 Å². The molecule has 1 spiro atoms. The molecule has 1 aliphatic carbocycles. The van der Waals surface area contributed by atoms with E-state index in [4.69, 9.17) is 4.74 Å². The summed E-state index contributed by atoms with van der Waals surface area (Å²) in [5.41, 5.74) is -0.584. The molecule has 4 rings (SSSR count). The van der Waals surface area contributed by atoms with E-state index in [1.54, 1.807) is 22.8 Å². The van der Waals surface area contributed by atoms with Gasteiger partial charge < -0.3 is 14.5 Å². The van der Waals surface area contributed by atoms with Gasteiger partial charge in [-0.2, -0.15) is 0 Å². The van der Waals surface area contributed by atoms with Gasteiger partial charge in [-0.3, -0.25) is 19.2 Å². The molecule has 32 heavy (non-hydrogen) atoms. The molecule has 2 aliphatic heterocycles. The maximum atomic E-state index is 13.9. The topological polar surface area (TPSA) is 84.0 Å². The zero-order valence-corrected chi connectivity index (χ0v) is 19.0. The summed E-state index contributed by atoms with van der Waals surface area (Å²) in [5.74, 6) is -1.71. The molecule has 1 aromatic rings. The lowest BCUT2D eigenvalue weighted by atomic mass is 9.65. The van der Waals surface area contributed by atoms with Crippen molar-refractivity contribution in [3.05, 3.63) is 48.0 Å². The largest absolute Gasteiger partial charge is 0.466 e. The first-order chi connectivity index (χ1) is 15.1. The predicted molar refractivity (Wildman–Crippen MR) is 117 cm³/mol. The van der Waals surface area contributed by atoms with Gasteiger partial charge in [-0.05, 0) is 39.3 Å². The van der Waals surface area contributed by atoms with Gasteiger partial charge in [0.15, 0.2) is 5.78 Å². The fourth-order valence-electron chi connectivity index (χ4n) is 5.75. The number of hydrogen-bond acceptors (Lipinski definition) is 5. The Hall–Kier alpha value is -2.96. The molecule has 0 saturated carbocycles. The van der Waals surface area contributed by atoms with Crippen LogP contribution in [-0.2, 0) is 30.5 Å². The number of likely N-dealkylation sites (tertiary alicyclic amines) is 2. The van der Waals surface area contributed by atoms with Gasteiger partial charge in [-0.15, -0.1) is 0 Å². The molecule has 2 saturated heterocycles. The molecule has 1 aromatic carbocycles. The van der Waals surface area contributed by atoms with Gasteiger partial charge in [-0.1, -0.05) is 36.4 Å². The van der Waals surface area contributed by atoms with E-state index in [1.807, 2.05) is 51.1 Å². The fraction of sp³-hybridized carbons (Fsp3) is 0.520. The normalized spacial score (nSPS) is 29.4. The average molecular weight is 439 g/mol. The molecular weight excluding hydrogens is 408 g/mol. The van der Waals surface area contributed by atoms with Gasteiger partial charge in [0.25, 0.3) is 0 Å². The molecule has 2 amide bonds. The monoisotopic (exact) mass is 438 g/mol. The first-order valence-electron chi connectivity index (χ1n) is 11.2. The molecule has 170 valence electrons. The summed E-state index contributed by atoms with van der Waals surface area (Å²) in [7, 11) is 0. The molecule has 0 radical (unpaired) electrons. The second-order valence-corrected chi connectivity index (χ2v) is 9.81. The van der Waals surface area contributed by atoms with Crippen LogP contribution in [0.15, 0.2) is 42.5 Å². The minimum Gasteiger partial charge on any atom is -0.466 e. The standard InChI is InChI=1S/C25H30N2O5/c1-5-32-20(29)14-18-22(30)26(15-16-9-7-6-8-10-16)21-23(31)27(24(2,3)4)19-13-17(28)11-12-25(18,19)21/h6-12,18-19,21H,5,13-15H2,1-4H3/t18-,19-,21+,25-/m1/s1. The summed E-state index contributed by atoms with van der Waals surface area (Å²) in [6.45, 7) is 8.02. The Labute approximate surface area is 188 Å². The highest BCUT2D eigenvalue weighted by atomic mass is 16.5. The number of ether oxygens (including phenoxy) is 1. The number of esters is 1. The van der Waals surface area contributed by atoms with Gasteiger partial charge in [0, 0.05) is 18.5 Å². The number of carbonyl (C=O) groups excluding carboxylic acids is 4. The molecule has 7 nitrogen and oxygen atoms in total. The van der Waals surface area contributed by atoms with Crippen LogP contribution in [0.4, 0.5) is 0 Å². The smallest absolute Gasteiger partial charge is 0.306 e. The van der Waals surface area contributed by atoms with E-state index in [0.717, 1.165) is 5.56 Å². The third kappa shape index (κ3) is 3.34. The lowest BCUT2D eigenvalue weighted by molar-refractivity contribution is -0.150. The SMILES string of the molecule is CCOC(=O)C[C@@H]1C(=O)N(Cc2ccccc2)[C@H]2C(=O)N(C(C)(C)C)[C@@H]3CC(=O)C=C[C@]123. The summed E-state index contributed by atoms with van der Waals surface area (Å²) >= 11 is 0. The van der Waals surface area contributed by atoms with Crippen molar-refractivity contribution in [3.63, 3.8) is 0 Å². The second kappa shape index (κ2) is 7.87. The van der Waals surface area contributed by atoms with Crippen LogP contribution in [0, 0.1) is 11.3 Å². The Kier molecular flexibility index (Phi) is 5.47. The van der Waals surface area contributed by atoms with Crippen molar-refractivity contribution in [1.82, 2.24) is 9.80 Å². The van der Waals surface area contributed by atoms with Crippen LogP contribution >= 0.6 is 0 Å². The van der Waals surface area contributed by atoms with Crippen LogP contribution in [-0.4, -0.2) is 57.6 Å². The number of allylic oxidation sites excluding steroid dienone is 1. The Morgan fingerprint density at radius 2 is 1.81 bits per heavy atom. The first kappa shape index (κ1) is 22.2. The van der Waals surface area contributed by atoms with E-state index in [1.165, 1.54) is 6.08 Å². The van der Waals surface area contributed by atoms with Crippen LogP contribution in [0.5, 0.6) is 0 Å². The van der Waals surface area contributed by atoms with Crippen LogP contribution in [0.3, 0.4) is 0 Å². The van der Waals surface area contributed by atoms with Crippen LogP contribution in [0.25, 0.3) is 0 Å². The molecule has 2 fully saturated rings. The summed E-state index contributed by atoms with van der Waals surface area (Å²) < 4.78 is 5.17. The second-order valence-electron chi connectivity index (χ2n) is 9.81. The molecular formula is C25H30N2O5. The van der Waals surface area contributed by atoms with Crippen molar-refractivity contribution < 1.29 is 23.9 Å². The van der Waals surface area contributed by atoms with E-state index in [-0.39, 0.29) is 43.6 Å². The van der Waals surface area contributed by atoms with Gasteiger partial charge in [0.1, 0.15) is 6.04 Å². The van der Waals surface area contributed by atoms with Crippen LogP contribution in [0.1, 0.15) is 46.1 Å². The lowest BCUT2D eigenvalue weighted by Gasteiger charge is -2.44. The average Bonchev–Trinajstić information content (AvgIpc) is 3.10.